The van der Waals surface area contributed by atoms with E-state index >= 15 is 0 Å². The van der Waals surface area contributed by atoms with E-state index < -0.39 is 35.5 Å². The van der Waals surface area contributed by atoms with Crippen molar-refractivity contribution < 1.29 is 23.4 Å². The number of hydrogen-bond donors (Lipinski definition) is 3. The van der Waals surface area contributed by atoms with Crippen molar-refractivity contribution in [3.8, 4) is 0 Å². The summed E-state index contributed by atoms with van der Waals surface area (Å²) < 4.78 is 31.0. The van der Waals surface area contributed by atoms with Crippen LogP contribution in [0.3, 0.4) is 0 Å². The van der Waals surface area contributed by atoms with Crippen molar-refractivity contribution in [3.63, 3.8) is 0 Å². The van der Waals surface area contributed by atoms with Crippen molar-refractivity contribution in [3.05, 3.63) is 35.4 Å². The van der Waals surface area contributed by atoms with E-state index in [1.165, 1.54) is 6.07 Å². The minimum absolute atomic E-state index is 0.184. The maximum Gasteiger partial charge on any atom is 0.407 e. The molecule has 0 aliphatic carbocycles. The van der Waals surface area contributed by atoms with E-state index in [0.29, 0.717) is 0 Å². The largest absolute Gasteiger partial charge is 0.444 e. The lowest BCUT2D eigenvalue weighted by Crippen LogP contribution is -2.37. The zero-order valence-electron chi connectivity index (χ0n) is 12.9. The lowest BCUT2D eigenvalue weighted by molar-refractivity contribution is 0.0521. The predicted molar refractivity (Wildman–Crippen MR) is 78.1 cm³/mol. The van der Waals surface area contributed by atoms with Gasteiger partial charge in [0.2, 0.25) is 0 Å². The molecule has 0 aromatic heterocycles. The van der Waals surface area contributed by atoms with Crippen LogP contribution in [0.5, 0.6) is 0 Å². The third-order valence-corrected chi connectivity index (χ3v) is 2.84. The Bertz CT molecular complexity index is 518. The molecule has 1 aromatic carbocycles. The van der Waals surface area contributed by atoms with Gasteiger partial charge in [0.15, 0.2) is 11.6 Å². The summed E-state index contributed by atoms with van der Waals surface area (Å²) in [7, 11) is 0. The molecule has 124 valence electrons. The molecule has 0 aliphatic heterocycles. The Morgan fingerprint density at radius 1 is 1.36 bits per heavy atom. The summed E-state index contributed by atoms with van der Waals surface area (Å²) in [5, 5.41) is 12.5. The maximum atomic E-state index is 13.1. The van der Waals surface area contributed by atoms with E-state index in [1.807, 2.05) is 0 Å². The summed E-state index contributed by atoms with van der Waals surface area (Å²) in [6, 6.07) is 2.37. The fourth-order valence-corrected chi connectivity index (χ4v) is 1.76. The van der Waals surface area contributed by atoms with Crippen LogP contribution in [0.2, 0.25) is 0 Å². The standard InChI is InChI=1S/C15H22F2N2O3/c1-15(2,3)22-14(21)19-7-6-12(18)13(20)9-4-5-10(16)11(17)8-9/h4-5,8,12-13,20H,6-7,18H2,1-3H3,(H,19,21). The summed E-state index contributed by atoms with van der Waals surface area (Å²) in [6.45, 7) is 5.41. The Morgan fingerprint density at radius 3 is 2.55 bits per heavy atom. The SMILES string of the molecule is CC(C)(C)OC(=O)NCCC(N)C(O)c1ccc(F)c(F)c1. The van der Waals surface area contributed by atoms with Gasteiger partial charge in [0.05, 0.1) is 6.10 Å². The van der Waals surface area contributed by atoms with Gasteiger partial charge in [0.25, 0.3) is 0 Å². The van der Waals surface area contributed by atoms with Gasteiger partial charge >= 0.3 is 6.09 Å². The minimum atomic E-state index is -1.16. The molecule has 0 saturated heterocycles. The van der Waals surface area contributed by atoms with Crippen LogP contribution in [0.4, 0.5) is 13.6 Å². The van der Waals surface area contributed by atoms with E-state index in [0.717, 1.165) is 12.1 Å². The number of hydrogen-bond acceptors (Lipinski definition) is 4. The molecule has 1 rings (SSSR count). The molecular formula is C15H22F2N2O3. The fraction of sp³-hybridized carbons (Fsp3) is 0.533. The van der Waals surface area contributed by atoms with Gasteiger partial charge < -0.3 is 20.9 Å². The molecule has 1 amide bonds. The number of halogens is 2. The third kappa shape index (κ3) is 5.95. The highest BCUT2D eigenvalue weighted by molar-refractivity contribution is 5.67. The Balaban J connectivity index is 2.46. The van der Waals surface area contributed by atoms with Crippen LogP contribution in [0.25, 0.3) is 0 Å². The summed E-state index contributed by atoms with van der Waals surface area (Å²) >= 11 is 0. The summed E-state index contributed by atoms with van der Waals surface area (Å²) in [6.07, 6.45) is -1.49. The first kappa shape index (κ1) is 18.3. The maximum absolute atomic E-state index is 13.1. The van der Waals surface area contributed by atoms with Crippen LogP contribution in [-0.4, -0.2) is 29.4 Å². The molecule has 2 atom stereocenters. The van der Waals surface area contributed by atoms with Gasteiger partial charge in [-0.3, -0.25) is 0 Å². The second-order valence-electron chi connectivity index (χ2n) is 6.00. The molecule has 4 N–H and O–H groups in total. The van der Waals surface area contributed by atoms with E-state index in [9.17, 15) is 18.7 Å². The molecule has 0 aliphatic rings. The topological polar surface area (TPSA) is 84.6 Å². The van der Waals surface area contributed by atoms with Crippen LogP contribution in [0.1, 0.15) is 38.9 Å². The number of alkyl carbamates (subject to hydrolysis) is 1. The number of nitrogens with two attached hydrogens (primary N) is 1. The number of aliphatic hydroxyl groups is 1. The summed E-state index contributed by atoms with van der Waals surface area (Å²) in [5.74, 6) is -2.04. The molecule has 7 heteroatoms. The van der Waals surface area contributed by atoms with Gasteiger partial charge in [0.1, 0.15) is 5.60 Å². The molecule has 0 heterocycles. The monoisotopic (exact) mass is 316 g/mol. The zero-order valence-corrected chi connectivity index (χ0v) is 12.9. The Labute approximate surface area is 128 Å². The van der Waals surface area contributed by atoms with Crippen molar-refractivity contribution in [2.45, 2.75) is 44.9 Å². The second-order valence-corrected chi connectivity index (χ2v) is 6.00. The number of aliphatic hydroxyl groups excluding tert-OH is 1. The predicted octanol–water partition coefficient (Wildman–Crippen LogP) is 2.24. The smallest absolute Gasteiger partial charge is 0.407 e. The highest BCUT2D eigenvalue weighted by atomic mass is 19.2. The molecule has 5 nitrogen and oxygen atoms in total. The Kier molecular flexibility index (Phi) is 6.25. The minimum Gasteiger partial charge on any atom is -0.444 e. The van der Waals surface area contributed by atoms with Gasteiger partial charge in [-0.15, -0.1) is 0 Å². The van der Waals surface area contributed by atoms with Crippen LogP contribution in [0, 0.1) is 11.6 Å². The normalized spacial score (nSPS) is 14.3. The molecule has 22 heavy (non-hydrogen) atoms. The van der Waals surface area contributed by atoms with Crippen LogP contribution < -0.4 is 11.1 Å². The van der Waals surface area contributed by atoms with Crippen molar-refractivity contribution >= 4 is 6.09 Å². The molecule has 1 aromatic rings. The summed E-state index contributed by atoms with van der Waals surface area (Å²) in [4.78, 5) is 11.4. The lowest BCUT2D eigenvalue weighted by Gasteiger charge is -2.21. The van der Waals surface area contributed by atoms with Crippen molar-refractivity contribution in [2.24, 2.45) is 5.73 Å². The molecule has 0 bridgehead atoms. The summed E-state index contributed by atoms with van der Waals surface area (Å²) in [5.41, 5.74) is 5.38. The zero-order chi connectivity index (χ0) is 16.9. The third-order valence-electron chi connectivity index (χ3n) is 2.84. The molecule has 2 unspecified atom stereocenters. The first-order valence-corrected chi connectivity index (χ1v) is 6.95. The van der Waals surface area contributed by atoms with Crippen LogP contribution in [-0.2, 0) is 4.74 Å². The van der Waals surface area contributed by atoms with Gasteiger partial charge in [-0.05, 0) is 44.9 Å². The van der Waals surface area contributed by atoms with Gasteiger partial charge in [-0.25, -0.2) is 13.6 Å². The fourth-order valence-electron chi connectivity index (χ4n) is 1.76. The Morgan fingerprint density at radius 2 is 2.00 bits per heavy atom. The van der Waals surface area contributed by atoms with Crippen molar-refractivity contribution in [1.82, 2.24) is 5.32 Å². The molecular weight excluding hydrogens is 294 g/mol. The van der Waals surface area contributed by atoms with Crippen molar-refractivity contribution in [2.75, 3.05) is 6.54 Å². The first-order chi connectivity index (χ1) is 10.1. The number of carbonyl (C=O) groups is 1. The number of ether oxygens (including phenoxy) is 1. The molecule has 0 fully saturated rings. The average Bonchev–Trinajstić information content (AvgIpc) is 2.38. The van der Waals surface area contributed by atoms with Crippen LogP contribution in [0.15, 0.2) is 18.2 Å². The van der Waals surface area contributed by atoms with E-state index in [4.69, 9.17) is 10.5 Å². The molecule has 0 saturated carbocycles. The quantitative estimate of drug-likeness (QED) is 0.778. The number of amides is 1. The number of benzene rings is 1. The Hall–Kier alpha value is -1.73. The highest BCUT2D eigenvalue weighted by Gasteiger charge is 2.20. The number of nitrogens with one attached hydrogen (secondary N) is 1. The van der Waals surface area contributed by atoms with E-state index in [-0.39, 0.29) is 18.5 Å². The number of carbonyl (C=O) groups excluding carboxylic acids is 1. The van der Waals surface area contributed by atoms with Crippen LogP contribution >= 0.6 is 0 Å². The molecule has 0 spiro atoms. The van der Waals surface area contributed by atoms with Gasteiger partial charge in [0, 0.05) is 12.6 Å². The lowest BCUT2D eigenvalue weighted by atomic mass is 10.0. The van der Waals surface area contributed by atoms with E-state index in [2.05, 4.69) is 5.32 Å². The average molecular weight is 316 g/mol. The highest BCUT2D eigenvalue weighted by Crippen LogP contribution is 2.19. The van der Waals surface area contributed by atoms with E-state index in [1.54, 1.807) is 20.8 Å². The first-order valence-electron chi connectivity index (χ1n) is 6.95. The molecule has 0 radical (unpaired) electrons. The van der Waals surface area contributed by atoms with Gasteiger partial charge in [-0.1, -0.05) is 6.07 Å². The second kappa shape index (κ2) is 7.51. The number of rotatable bonds is 5. The van der Waals surface area contributed by atoms with Gasteiger partial charge in [-0.2, -0.15) is 0 Å². The van der Waals surface area contributed by atoms with Crippen molar-refractivity contribution in [1.29, 1.82) is 0 Å².